The van der Waals surface area contributed by atoms with Gasteiger partial charge in [0, 0.05) is 25.6 Å². The van der Waals surface area contributed by atoms with Gasteiger partial charge in [-0.15, -0.1) is 0 Å². The van der Waals surface area contributed by atoms with E-state index in [-0.39, 0.29) is 17.5 Å². The van der Waals surface area contributed by atoms with Crippen molar-refractivity contribution in [2.45, 2.75) is 51.9 Å². The Balaban J connectivity index is 2.18. The number of Topliss-reactive ketones (excluding diaryl/α,β-unsaturated/α-hetero) is 1. The lowest BCUT2D eigenvalue weighted by Gasteiger charge is -2.17. The average Bonchev–Trinajstić information content (AvgIpc) is 2.45. The second-order valence-corrected chi connectivity index (χ2v) is 5.40. The summed E-state index contributed by atoms with van der Waals surface area (Å²) in [6.45, 7) is 1.62. The summed E-state index contributed by atoms with van der Waals surface area (Å²) in [4.78, 5) is 24.3. The predicted molar refractivity (Wildman–Crippen MR) is 82.8 cm³/mol. The van der Waals surface area contributed by atoms with Crippen molar-refractivity contribution in [2.24, 2.45) is 0 Å². The first kappa shape index (κ1) is 17.3. The van der Waals surface area contributed by atoms with Crippen LogP contribution in [0.3, 0.4) is 0 Å². The van der Waals surface area contributed by atoms with Crippen LogP contribution in [0.1, 0.15) is 51.9 Å². The third-order valence-electron chi connectivity index (χ3n) is 3.51. The fraction of sp³-hybridized carbons (Fsp3) is 0.529. The van der Waals surface area contributed by atoms with Crippen LogP contribution in [-0.4, -0.2) is 18.7 Å². The number of carbonyl (C=O) groups is 2. The lowest BCUT2D eigenvalue weighted by atomic mass is 10.1. The summed E-state index contributed by atoms with van der Waals surface area (Å²) < 4.78 is 12.8. The number of hydrogen-bond donors (Lipinski definition) is 0. The number of benzene rings is 1. The van der Waals surface area contributed by atoms with Crippen LogP contribution in [-0.2, 0) is 9.59 Å². The summed E-state index contributed by atoms with van der Waals surface area (Å²) in [5, 5.41) is 0. The van der Waals surface area contributed by atoms with E-state index in [1.165, 1.54) is 12.1 Å². The number of rotatable bonds is 9. The molecule has 21 heavy (non-hydrogen) atoms. The highest BCUT2D eigenvalue weighted by Crippen LogP contribution is 2.15. The van der Waals surface area contributed by atoms with Gasteiger partial charge < -0.3 is 9.69 Å². The molecule has 1 aromatic rings. The normalized spacial score (nSPS) is 10.4. The highest BCUT2D eigenvalue weighted by molar-refractivity contribution is 5.92. The summed E-state index contributed by atoms with van der Waals surface area (Å²) in [5.41, 5.74) is 0.711. The monoisotopic (exact) mass is 293 g/mol. The van der Waals surface area contributed by atoms with Gasteiger partial charge in [-0.05, 0) is 44.0 Å². The minimum absolute atomic E-state index is 0.0466. The second kappa shape index (κ2) is 9.27. The van der Waals surface area contributed by atoms with Crippen LogP contribution in [0.5, 0.6) is 0 Å². The molecule has 0 fully saturated rings. The summed E-state index contributed by atoms with van der Waals surface area (Å²) in [6, 6.07) is 5.92. The molecule has 1 amide bonds. The zero-order valence-corrected chi connectivity index (χ0v) is 12.9. The van der Waals surface area contributed by atoms with Crippen molar-refractivity contribution in [3.05, 3.63) is 30.1 Å². The van der Waals surface area contributed by atoms with E-state index in [1.54, 1.807) is 31.0 Å². The number of carbonyl (C=O) groups excluding carboxylic acids is 2. The quantitative estimate of drug-likeness (QED) is 0.643. The maximum absolute atomic E-state index is 12.8. The Morgan fingerprint density at radius 3 is 2.05 bits per heavy atom. The zero-order valence-electron chi connectivity index (χ0n) is 12.9. The summed E-state index contributed by atoms with van der Waals surface area (Å²) >= 11 is 0. The number of anilines is 1. The lowest BCUT2D eigenvalue weighted by Crippen LogP contribution is -2.25. The van der Waals surface area contributed by atoms with Crippen molar-refractivity contribution in [3.63, 3.8) is 0 Å². The van der Waals surface area contributed by atoms with E-state index in [9.17, 15) is 14.0 Å². The van der Waals surface area contributed by atoms with E-state index in [0.717, 1.165) is 32.1 Å². The molecular formula is C17H24FNO2. The van der Waals surface area contributed by atoms with E-state index in [2.05, 4.69) is 0 Å². The minimum Gasteiger partial charge on any atom is -0.316 e. The smallest absolute Gasteiger partial charge is 0.226 e. The van der Waals surface area contributed by atoms with Gasteiger partial charge in [-0.1, -0.05) is 19.3 Å². The number of ketones is 1. The number of halogens is 1. The van der Waals surface area contributed by atoms with Crippen molar-refractivity contribution in [1.29, 1.82) is 0 Å². The Morgan fingerprint density at radius 2 is 1.48 bits per heavy atom. The Hall–Kier alpha value is -1.71. The molecule has 0 N–H and O–H groups in total. The topological polar surface area (TPSA) is 37.4 Å². The molecule has 116 valence electrons. The molecular weight excluding hydrogens is 269 g/mol. The molecule has 0 bridgehead atoms. The van der Waals surface area contributed by atoms with E-state index in [1.807, 2.05) is 0 Å². The van der Waals surface area contributed by atoms with Gasteiger partial charge in [0.2, 0.25) is 5.91 Å². The van der Waals surface area contributed by atoms with Crippen LogP contribution in [0.25, 0.3) is 0 Å². The van der Waals surface area contributed by atoms with Crippen LogP contribution in [0.2, 0.25) is 0 Å². The number of hydrogen-bond acceptors (Lipinski definition) is 2. The molecule has 0 atom stereocenters. The zero-order chi connectivity index (χ0) is 15.7. The standard InChI is InChI=1S/C17H24FNO2/c1-14(20)8-6-4-3-5-7-9-17(21)19(2)16-12-10-15(18)11-13-16/h10-13H,3-9H2,1-2H3. The molecule has 0 heterocycles. The van der Waals surface area contributed by atoms with Gasteiger partial charge in [0.25, 0.3) is 0 Å². The van der Waals surface area contributed by atoms with Crippen LogP contribution in [0.4, 0.5) is 10.1 Å². The molecule has 0 saturated heterocycles. The molecule has 0 aliphatic carbocycles. The summed E-state index contributed by atoms with van der Waals surface area (Å²) in [5.74, 6) is -0.0124. The molecule has 1 rings (SSSR count). The first-order chi connectivity index (χ1) is 10.0. The second-order valence-electron chi connectivity index (χ2n) is 5.40. The molecule has 0 aliphatic heterocycles. The highest BCUT2D eigenvalue weighted by atomic mass is 19.1. The number of amides is 1. The molecule has 0 unspecified atom stereocenters. The summed E-state index contributed by atoms with van der Waals surface area (Å²) in [6.07, 6.45) is 6.05. The van der Waals surface area contributed by atoms with Gasteiger partial charge in [-0.2, -0.15) is 0 Å². The Labute approximate surface area is 126 Å². The van der Waals surface area contributed by atoms with Gasteiger partial charge in [0.1, 0.15) is 11.6 Å². The van der Waals surface area contributed by atoms with Crippen LogP contribution >= 0.6 is 0 Å². The van der Waals surface area contributed by atoms with Gasteiger partial charge in [-0.3, -0.25) is 4.79 Å². The third kappa shape index (κ3) is 7.02. The van der Waals surface area contributed by atoms with Crippen molar-refractivity contribution < 1.29 is 14.0 Å². The maximum Gasteiger partial charge on any atom is 0.226 e. The SMILES string of the molecule is CC(=O)CCCCCCCC(=O)N(C)c1ccc(F)cc1. The molecule has 0 spiro atoms. The Kier molecular flexibility index (Phi) is 7.65. The molecule has 0 aliphatic rings. The molecule has 3 nitrogen and oxygen atoms in total. The van der Waals surface area contributed by atoms with Gasteiger partial charge in [0.05, 0.1) is 0 Å². The van der Waals surface area contributed by atoms with E-state index in [0.29, 0.717) is 18.5 Å². The van der Waals surface area contributed by atoms with Crippen LogP contribution in [0.15, 0.2) is 24.3 Å². The summed E-state index contributed by atoms with van der Waals surface area (Å²) in [7, 11) is 1.71. The van der Waals surface area contributed by atoms with E-state index in [4.69, 9.17) is 0 Å². The molecule has 0 radical (unpaired) electrons. The number of unbranched alkanes of at least 4 members (excludes halogenated alkanes) is 4. The molecule has 1 aromatic carbocycles. The lowest BCUT2D eigenvalue weighted by molar-refractivity contribution is -0.118. The fourth-order valence-corrected chi connectivity index (χ4v) is 2.16. The first-order valence-corrected chi connectivity index (χ1v) is 7.52. The van der Waals surface area contributed by atoms with Gasteiger partial charge in [-0.25, -0.2) is 4.39 Å². The fourth-order valence-electron chi connectivity index (χ4n) is 2.16. The average molecular weight is 293 g/mol. The molecule has 4 heteroatoms. The minimum atomic E-state index is -0.301. The van der Waals surface area contributed by atoms with E-state index >= 15 is 0 Å². The Morgan fingerprint density at radius 1 is 0.952 bits per heavy atom. The van der Waals surface area contributed by atoms with Crippen molar-refractivity contribution in [3.8, 4) is 0 Å². The van der Waals surface area contributed by atoms with Gasteiger partial charge >= 0.3 is 0 Å². The van der Waals surface area contributed by atoms with Crippen LogP contribution in [0, 0.1) is 5.82 Å². The first-order valence-electron chi connectivity index (χ1n) is 7.52. The Bertz CT molecular complexity index is 456. The third-order valence-corrected chi connectivity index (χ3v) is 3.51. The van der Waals surface area contributed by atoms with Crippen molar-refractivity contribution >= 4 is 17.4 Å². The van der Waals surface area contributed by atoms with Crippen molar-refractivity contribution in [1.82, 2.24) is 0 Å². The van der Waals surface area contributed by atoms with Crippen LogP contribution < -0.4 is 4.90 Å². The number of nitrogens with zero attached hydrogens (tertiary/aromatic N) is 1. The van der Waals surface area contributed by atoms with Crippen molar-refractivity contribution in [2.75, 3.05) is 11.9 Å². The molecule has 0 aromatic heterocycles. The largest absolute Gasteiger partial charge is 0.316 e. The predicted octanol–water partition coefficient (Wildman–Crippen LogP) is 4.11. The maximum atomic E-state index is 12.8. The van der Waals surface area contributed by atoms with Gasteiger partial charge in [0.15, 0.2) is 0 Å². The molecule has 0 saturated carbocycles. The van der Waals surface area contributed by atoms with E-state index < -0.39 is 0 Å². The highest BCUT2D eigenvalue weighted by Gasteiger charge is 2.10.